The van der Waals surface area contributed by atoms with Crippen LogP contribution in [0.3, 0.4) is 0 Å². The standard InChI is InChI=1S/C67H122N4O13/c1-56-26-22-35-66(4,5)59(56)28-16-12-8-10-14-18-31-62(73)68-37-21-20-30-61(71-64(75)32-19-15-11-9-13-17-29-60-57(2)27-23-36-67(60,6)7)65(76)70-39-25-41-78-45-49-81-48-44-77-40-24-38-69-63(74)34-43-80-47-51-83-53-55-84-54-52-82-50-46-79-42-33-58(3)72/h61H,8-55H2,1-7H3,(H,68,73)(H,69,74)(H,70,76)(H,71,75)/t61-/m0/s1. The number of carbonyl (C=O) groups excluding carboxylic acids is 5. The molecule has 0 heterocycles. The molecule has 2 aliphatic rings. The molecule has 4 amide bonds. The van der Waals surface area contributed by atoms with Gasteiger partial charge in [-0.15, -0.1) is 0 Å². The first-order valence-corrected chi connectivity index (χ1v) is 33.2. The van der Waals surface area contributed by atoms with Gasteiger partial charge in [-0.2, -0.15) is 0 Å². The lowest BCUT2D eigenvalue weighted by Crippen LogP contribution is -2.47. The molecule has 0 aromatic carbocycles. The number of carbonyl (C=O) groups is 5. The number of ketones is 1. The zero-order chi connectivity index (χ0) is 61.2. The van der Waals surface area contributed by atoms with Gasteiger partial charge in [-0.3, -0.25) is 24.0 Å². The van der Waals surface area contributed by atoms with Gasteiger partial charge in [0.1, 0.15) is 11.8 Å². The van der Waals surface area contributed by atoms with E-state index in [4.69, 9.17) is 37.9 Å². The van der Waals surface area contributed by atoms with Crippen molar-refractivity contribution in [1.29, 1.82) is 0 Å². The third-order valence-electron chi connectivity index (χ3n) is 16.3. The monoisotopic (exact) mass is 1190 g/mol. The lowest BCUT2D eigenvalue weighted by Gasteiger charge is -2.34. The summed E-state index contributed by atoms with van der Waals surface area (Å²) in [4.78, 5) is 62.2. The van der Waals surface area contributed by atoms with Gasteiger partial charge in [0.15, 0.2) is 0 Å². The van der Waals surface area contributed by atoms with E-state index in [1.54, 1.807) is 29.2 Å². The summed E-state index contributed by atoms with van der Waals surface area (Å²) < 4.78 is 44.1. The fraction of sp³-hybridized carbons (Fsp3) is 0.866. The number of amides is 4. The molecule has 0 aromatic heterocycles. The van der Waals surface area contributed by atoms with Crippen molar-refractivity contribution in [3.8, 4) is 0 Å². The summed E-state index contributed by atoms with van der Waals surface area (Å²) in [6, 6.07) is -0.622. The van der Waals surface area contributed by atoms with E-state index < -0.39 is 6.04 Å². The van der Waals surface area contributed by atoms with Crippen molar-refractivity contribution in [2.24, 2.45) is 10.8 Å². The van der Waals surface area contributed by atoms with Crippen LogP contribution in [0.25, 0.3) is 0 Å². The topological polar surface area (TPSA) is 207 Å². The quantitative estimate of drug-likeness (QED) is 0.0331. The molecule has 1 atom stereocenters. The summed E-state index contributed by atoms with van der Waals surface area (Å²) in [5, 5.41) is 12.0. The van der Waals surface area contributed by atoms with Crippen molar-refractivity contribution in [1.82, 2.24) is 21.3 Å². The van der Waals surface area contributed by atoms with Gasteiger partial charge in [0.2, 0.25) is 23.6 Å². The summed E-state index contributed by atoms with van der Waals surface area (Å²) in [6.07, 6.45) is 28.6. The van der Waals surface area contributed by atoms with Crippen LogP contribution < -0.4 is 21.3 Å². The molecular weight excluding hydrogens is 1070 g/mol. The third-order valence-corrected chi connectivity index (χ3v) is 16.3. The number of hydrogen-bond acceptors (Lipinski definition) is 13. The van der Waals surface area contributed by atoms with Gasteiger partial charge in [0, 0.05) is 58.5 Å². The van der Waals surface area contributed by atoms with Gasteiger partial charge in [-0.05, 0) is 141 Å². The first-order valence-electron chi connectivity index (χ1n) is 33.2. The van der Waals surface area contributed by atoms with Gasteiger partial charge in [0.05, 0.1) is 92.5 Å². The molecule has 17 heteroatoms. The molecule has 84 heavy (non-hydrogen) atoms. The van der Waals surface area contributed by atoms with Crippen LogP contribution in [0.15, 0.2) is 22.3 Å². The molecule has 0 saturated heterocycles. The van der Waals surface area contributed by atoms with Crippen molar-refractivity contribution >= 4 is 29.4 Å². The van der Waals surface area contributed by atoms with E-state index >= 15 is 0 Å². The molecule has 488 valence electrons. The molecule has 2 aliphatic carbocycles. The minimum absolute atomic E-state index is 0.0730. The SMILES string of the molecule is CC(=O)CCOCCOCCOCCOCCOCCC(=O)NCCCOCCOCCOCCCNC(=O)[C@H](CCCCNC(=O)CCCCCCCCC1=C(C)CCCC1(C)C)NC(=O)CCCCCCCCC1=C(C)CCCC1(C)C. The van der Waals surface area contributed by atoms with Crippen LogP contribution in [-0.2, 0) is 61.9 Å². The molecule has 0 spiro atoms. The Kier molecular flexibility index (Phi) is 46.3. The molecular formula is C67H122N4O13. The zero-order valence-electron chi connectivity index (χ0n) is 54.3. The fourth-order valence-electron chi connectivity index (χ4n) is 11.3. The fourth-order valence-corrected chi connectivity index (χ4v) is 11.3. The Labute approximate surface area is 509 Å². The second kappa shape index (κ2) is 50.7. The maximum Gasteiger partial charge on any atom is 0.242 e. The first-order chi connectivity index (χ1) is 40.6. The molecule has 0 aromatic rings. The summed E-state index contributed by atoms with van der Waals surface area (Å²) >= 11 is 0. The van der Waals surface area contributed by atoms with Crippen LogP contribution in [0.4, 0.5) is 0 Å². The Morgan fingerprint density at radius 3 is 1.19 bits per heavy atom. The first kappa shape index (κ1) is 76.8. The molecule has 17 nitrogen and oxygen atoms in total. The number of allylic oxidation sites excluding steroid dienone is 4. The average Bonchev–Trinajstić information content (AvgIpc) is 3.01. The summed E-state index contributed by atoms with van der Waals surface area (Å²) in [5.41, 5.74) is 7.31. The van der Waals surface area contributed by atoms with Crippen molar-refractivity contribution in [3.05, 3.63) is 22.3 Å². The van der Waals surface area contributed by atoms with Crippen LogP contribution in [0.2, 0.25) is 0 Å². The number of Topliss-reactive ketones (excluding diaryl/α,β-unsaturated/α-hetero) is 1. The van der Waals surface area contributed by atoms with E-state index in [9.17, 15) is 24.0 Å². The molecule has 2 rings (SSSR count). The predicted octanol–water partition coefficient (Wildman–Crippen LogP) is 11.6. The Bertz CT molecular complexity index is 1810. The van der Waals surface area contributed by atoms with Gasteiger partial charge in [-0.1, -0.05) is 101 Å². The van der Waals surface area contributed by atoms with Crippen molar-refractivity contribution in [3.63, 3.8) is 0 Å². The Balaban J connectivity index is 1.51. The van der Waals surface area contributed by atoms with Crippen LogP contribution in [0, 0.1) is 10.8 Å². The van der Waals surface area contributed by atoms with Crippen LogP contribution in [-0.4, -0.2) is 161 Å². The zero-order valence-corrected chi connectivity index (χ0v) is 54.3. The van der Waals surface area contributed by atoms with Gasteiger partial charge < -0.3 is 59.2 Å². The Hall–Kier alpha value is -3.29. The van der Waals surface area contributed by atoms with Crippen molar-refractivity contribution in [2.75, 3.05) is 125 Å². The number of rotatable bonds is 57. The van der Waals surface area contributed by atoms with E-state index in [0.29, 0.717) is 181 Å². The summed E-state index contributed by atoms with van der Waals surface area (Å²) in [7, 11) is 0. The molecule has 0 radical (unpaired) electrons. The van der Waals surface area contributed by atoms with Gasteiger partial charge >= 0.3 is 0 Å². The van der Waals surface area contributed by atoms with E-state index in [1.165, 1.54) is 96.3 Å². The van der Waals surface area contributed by atoms with Crippen LogP contribution in [0.5, 0.6) is 0 Å². The predicted molar refractivity (Wildman–Crippen MR) is 335 cm³/mol. The molecule has 0 saturated carbocycles. The van der Waals surface area contributed by atoms with E-state index in [-0.39, 0.29) is 35.8 Å². The van der Waals surface area contributed by atoms with Crippen LogP contribution in [0.1, 0.15) is 235 Å². The third kappa shape index (κ3) is 41.7. The lowest BCUT2D eigenvalue weighted by molar-refractivity contribution is -0.129. The molecule has 4 N–H and O–H groups in total. The highest BCUT2D eigenvalue weighted by Crippen LogP contribution is 2.43. The highest BCUT2D eigenvalue weighted by molar-refractivity contribution is 5.87. The normalized spacial score (nSPS) is 15.3. The Morgan fingerprint density at radius 2 is 0.750 bits per heavy atom. The Morgan fingerprint density at radius 1 is 0.393 bits per heavy atom. The van der Waals surface area contributed by atoms with Crippen molar-refractivity contribution < 1.29 is 61.9 Å². The lowest BCUT2D eigenvalue weighted by atomic mass is 9.71. The molecule has 0 unspecified atom stereocenters. The highest BCUT2D eigenvalue weighted by atomic mass is 16.6. The highest BCUT2D eigenvalue weighted by Gasteiger charge is 2.29. The minimum atomic E-state index is -0.622. The summed E-state index contributed by atoms with van der Waals surface area (Å²) in [6.45, 7) is 24.3. The van der Waals surface area contributed by atoms with Gasteiger partial charge in [0.25, 0.3) is 0 Å². The number of hydrogen-bond donors (Lipinski definition) is 4. The smallest absolute Gasteiger partial charge is 0.242 e. The van der Waals surface area contributed by atoms with E-state index in [0.717, 1.165) is 38.5 Å². The molecule has 0 aliphatic heterocycles. The molecule has 0 bridgehead atoms. The maximum absolute atomic E-state index is 13.4. The minimum Gasteiger partial charge on any atom is -0.379 e. The maximum atomic E-state index is 13.4. The van der Waals surface area contributed by atoms with E-state index in [1.807, 2.05) is 0 Å². The summed E-state index contributed by atoms with van der Waals surface area (Å²) in [5.74, 6) is -0.133. The second-order valence-corrected chi connectivity index (χ2v) is 24.7. The van der Waals surface area contributed by atoms with Crippen molar-refractivity contribution in [2.45, 2.75) is 241 Å². The van der Waals surface area contributed by atoms with Crippen LogP contribution >= 0.6 is 0 Å². The second-order valence-electron chi connectivity index (χ2n) is 24.7. The van der Waals surface area contributed by atoms with Gasteiger partial charge in [-0.25, -0.2) is 0 Å². The number of nitrogens with one attached hydrogen (secondary N) is 4. The number of ether oxygens (including phenoxy) is 8. The largest absolute Gasteiger partial charge is 0.379 e. The average molecular weight is 1190 g/mol. The molecule has 0 fully saturated rings. The van der Waals surface area contributed by atoms with E-state index in [2.05, 4.69) is 62.8 Å². The number of unbranched alkanes of at least 4 members (excludes halogenated alkanes) is 11.